The van der Waals surface area contributed by atoms with Crippen molar-refractivity contribution in [3.63, 3.8) is 0 Å². The number of rotatable bonds is 5. The molecule has 0 unspecified atom stereocenters. The van der Waals surface area contributed by atoms with Gasteiger partial charge in [0.15, 0.2) is 0 Å². The van der Waals surface area contributed by atoms with Crippen molar-refractivity contribution in [3.05, 3.63) is 54.1 Å². The molecule has 0 aromatic heterocycles. The number of carboxylic acids is 1. The van der Waals surface area contributed by atoms with Gasteiger partial charge in [-0.1, -0.05) is 12.2 Å². The van der Waals surface area contributed by atoms with Crippen LogP contribution in [0.4, 0.5) is 5.69 Å². The number of carbonyl (C=O) groups is 1. The second-order valence-corrected chi connectivity index (χ2v) is 4.65. The van der Waals surface area contributed by atoms with Crippen molar-refractivity contribution in [3.8, 4) is 0 Å². The predicted molar refractivity (Wildman–Crippen MR) is 80.8 cm³/mol. The van der Waals surface area contributed by atoms with Crippen LogP contribution < -0.4 is 10.6 Å². The van der Waals surface area contributed by atoms with Gasteiger partial charge in [-0.05, 0) is 50.5 Å². The Morgan fingerprint density at radius 3 is 2.19 bits per heavy atom. The van der Waals surface area contributed by atoms with Gasteiger partial charge in [-0.2, -0.15) is 10.2 Å². The zero-order valence-corrected chi connectivity index (χ0v) is 11.9. The fraction of sp³-hybridized carbons (Fsp3) is 0.267. The predicted octanol–water partition coefficient (Wildman–Crippen LogP) is 2.10. The van der Waals surface area contributed by atoms with Crippen LogP contribution in [-0.2, 0) is 0 Å². The number of nitrogens with zero attached hydrogens (tertiary/aromatic N) is 2. The first-order valence-electron chi connectivity index (χ1n) is 6.59. The van der Waals surface area contributed by atoms with Crippen LogP contribution in [0.2, 0.25) is 0 Å². The van der Waals surface area contributed by atoms with Crippen molar-refractivity contribution < 1.29 is 9.90 Å². The van der Waals surface area contributed by atoms with Gasteiger partial charge in [0.1, 0.15) is 11.7 Å². The summed E-state index contributed by atoms with van der Waals surface area (Å²) in [5.41, 5.74) is 0.523. The Hall–Kier alpha value is -2.31. The summed E-state index contributed by atoms with van der Waals surface area (Å²) in [5, 5.41) is 23.5. The molecule has 2 rings (SSSR count). The zero-order chi connectivity index (χ0) is 15.3. The van der Waals surface area contributed by atoms with Gasteiger partial charge in [-0.25, -0.2) is 4.79 Å². The average Bonchev–Trinajstić information content (AvgIpc) is 2.54. The van der Waals surface area contributed by atoms with Crippen molar-refractivity contribution in [1.29, 1.82) is 0 Å². The maximum Gasteiger partial charge on any atom is 0.335 e. The fourth-order valence-electron chi connectivity index (χ4n) is 1.96. The lowest BCUT2D eigenvalue weighted by atomic mass is 10.0. The van der Waals surface area contributed by atoms with E-state index >= 15 is 0 Å². The Kier molecular flexibility index (Phi) is 4.62. The largest absolute Gasteiger partial charge is 0.478 e. The molecule has 1 aliphatic carbocycles. The molecule has 1 aromatic rings. The summed E-state index contributed by atoms with van der Waals surface area (Å²) in [4.78, 5) is 10.8. The van der Waals surface area contributed by atoms with E-state index in [1.807, 2.05) is 38.4 Å². The normalized spacial score (nSPS) is 17.4. The summed E-state index contributed by atoms with van der Waals surface area (Å²) in [6.45, 7) is 0. The lowest BCUT2D eigenvalue weighted by Crippen LogP contribution is -2.51. The molecule has 0 radical (unpaired) electrons. The van der Waals surface area contributed by atoms with Crippen molar-refractivity contribution in [2.24, 2.45) is 10.2 Å². The molecule has 1 aromatic carbocycles. The van der Waals surface area contributed by atoms with Gasteiger partial charge in [0.2, 0.25) is 0 Å². The topological polar surface area (TPSA) is 86.1 Å². The molecule has 0 heterocycles. The van der Waals surface area contributed by atoms with E-state index in [1.165, 1.54) is 12.1 Å². The quantitative estimate of drug-likeness (QED) is 0.439. The molecule has 0 bridgehead atoms. The highest BCUT2D eigenvalue weighted by Crippen LogP contribution is 2.18. The number of carboxylic acid groups (broad SMARTS) is 1. The van der Waals surface area contributed by atoms with Crippen LogP contribution in [0.25, 0.3) is 0 Å². The standard InChI is InChI=1S/C15H18N4O2/c1-16-15(17-2)9-7-13(8-10-15)19-18-12-5-3-11(4-6-12)14(20)21/h3-10,13,16-17H,1-2H3,(H,20,21)/b19-18+. The molecular formula is C15H18N4O2. The highest BCUT2D eigenvalue weighted by molar-refractivity contribution is 5.87. The van der Waals surface area contributed by atoms with Crippen LogP contribution in [0.1, 0.15) is 10.4 Å². The fourth-order valence-corrected chi connectivity index (χ4v) is 1.96. The Bertz CT molecular complexity index is 570. The minimum Gasteiger partial charge on any atom is -0.478 e. The molecule has 0 aliphatic heterocycles. The van der Waals surface area contributed by atoms with Crippen LogP contribution in [0, 0.1) is 0 Å². The monoisotopic (exact) mass is 286 g/mol. The first kappa shape index (κ1) is 15.1. The van der Waals surface area contributed by atoms with Gasteiger partial charge >= 0.3 is 5.97 Å². The summed E-state index contributed by atoms with van der Waals surface area (Å²) in [6, 6.07) is 6.16. The van der Waals surface area contributed by atoms with E-state index in [9.17, 15) is 4.79 Å². The smallest absolute Gasteiger partial charge is 0.335 e. The SMILES string of the molecule is CNC1(NC)C=CC(/N=N/c2ccc(C(=O)O)cc2)C=C1. The van der Waals surface area contributed by atoms with Crippen LogP contribution in [0.5, 0.6) is 0 Å². The van der Waals surface area contributed by atoms with E-state index in [0.717, 1.165) is 0 Å². The molecule has 21 heavy (non-hydrogen) atoms. The molecule has 3 N–H and O–H groups in total. The van der Waals surface area contributed by atoms with E-state index < -0.39 is 5.97 Å². The first-order valence-corrected chi connectivity index (χ1v) is 6.59. The summed E-state index contributed by atoms with van der Waals surface area (Å²) in [6.07, 6.45) is 7.87. The minimum atomic E-state index is -0.952. The van der Waals surface area contributed by atoms with Gasteiger partial charge < -0.3 is 5.11 Å². The van der Waals surface area contributed by atoms with E-state index in [0.29, 0.717) is 5.69 Å². The number of nitrogens with one attached hydrogen (secondary N) is 2. The van der Waals surface area contributed by atoms with Gasteiger partial charge in [0.25, 0.3) is 0 Å². The molecule has 0 fully saturated rings. The Morgan fingerprint density at radius 2 is 1.71 bits per heavy atom. The lowest BCUT2D eigenvalue weighted by Gasteiger charge is -2.29. The number of hydrogen-bond donors (Lipinski definition) is 3. The summed E-state index contributed by atoms with van der Waals surface area (Å²) < 4.78 is 0. The lowest BCUT2D eigenvalue weighted by molar-refractivity contribution is 0.0697. The third-order valence-corrected chi connectivity index (χ3v) is 3.36. The van der Waals surface area contributed by atoms with E-state index in [1.54, 1.807) is 12.1 Å². The number of aromatic carboxylic acids is 1. The highest BCUT2D eigenvalue weighted by atomic mass is 16.4. The van der Waals surface area contributed by atoms with Crippen molar-refractivity contribution in [1.82, 2.24) is 10.6 Å². The second-order valence-electron chi connectivity index (χ2n) is 4.65. The van der Waals surface area contributed by atoms with Gasteiger partial charge in [0.05, 0.1) is 11.3 Å². The van der Waals surface area contributed by atoms with Crippen LogP contribution in [0.15, 0.2) is 58.8 Å². The summed E-state index contributed by atoms with van der Waals surface area (Å²) in [5.74, 6) is -0.952. The third kappa shape index (κ3) is 3.62. The molecular weight excluding hydrogens is 268 g/mol. The number of likely N-dealkylation sites (N-methyl/N-ethyl adjacent to an activating group) is 2. The number of azo groups is 1. The van der Waals surface area contributed by atoms with Crippen molar-refractivity contribution in [2.45, 2.75) is 11.7 Å². The molecule has 6 nitrogen and oxygen atoms in total. The molecule has 0 amide bonds. The second kappa shape index (κ2) is 6.43. The van der Waals surface area contributed by atoms with Gasteiger partial charge in [-0.3, -0.25) is 10.6 Å². The Morgan fingerprint density at radius 1 is 1.14 bits per heavy atom. The van der Waals surface area contributed by atoms with Gasteiger partial charge in [0, 0.05) is 0 Å². The van der Waals surface area contributed by atoms with E-state index in [-0.39, 0.29) is 17.3 Å². The minimum absolute atomic E-state index is 0.126. The van der Waals surface area contributed by atoms with E-state index in [2.05, 4.69) is 20.9 Å². The number of benzene rings is 1. The van der Waals surface area contributed by atoms with Crippen LogP contribution in [-0.4, -0.2) is 36.9 Å². The van der Waals surface area contributed by atoms with Gasteiger partial charge in [-0.15, -0.1) is 0 Å². The molecule has 6 heteroatoms. The summed E-state index contributed by atoms with van der Waals surface area (Å²) >= 11 is 0. The molecule has 0 spiro atoms. The molecule has 110 valence electrons. The van der Waals surface area contributed by atoms with Crippen LogP contribution >= 0.6 is 0 Å². The Labute approximate surface area is 123 Å². The first-order chi connectivity index (χ1) is 10.1. The molecule has 0 saturated carbocycles. The average molecular weight is 286 g/mol. The number of hydrogen-bond acceptors (Lipinski definition) is 5. The summed E-state index contributed by atoms with van der Waals surface area (Å²) in [7, 11) is 3.74. The molecule has 0 atom stereocenters. The van der Waals surface area contributed by atoms with Crippen LogP contribution in [0.3, 0.4) is 0 Å². The van der Waals surface area contributed by atoms with Crippen molar-refractivity contribution in [2.75, 3.05) is 14.1 Å². The highest BCUT2D eigenvalue weighted by Gasteiger charge is 2.22. The molecule has 1 aliphatic rings. The zero-order valence-electron chi connectivity index (χ0n) is 11.9. The maximum atomic E-state index is 10.8. The third-order valence-electron chi connectivity index (χ3n) is 3.36. The van der Waals surface area contributed by atoms with E-state index in [4.69, 9.17) is 5.11 Å². The molecule has 0 saturated heterocycles. The Balaban J connectivity index is 2.03. The van der Waals surface area contributed by atoms with Crippen molar-refractivity contribution >= 4 is 11.7 Å². The maximum absolute atomic E-state index is 10.8.